The summed E-state index contributed by atoms with van der Waals surface area (Å²) in [6.45, 7) is 5.49. The molecule has 0 fully saturated rings. The molecule has 0 amide bonds. The van der Waals surface area contributed by atoms with Crippen LogP contribution in [0.3, 0.4) is 0 Å². The van der Waals surface area contributed by atoms with Crippen LogP contribution in [0.25, 0.3) is 0 Å². The van der Waals surface area contributed by atoms with E-state index in [4.69, 9.17) is 14.5 Å². The van der Waals surface area contributed by atoms with Gasteiger partial charge in [0.2, 0.25) is 0 Å². The number of rotatable bonds is 8. The van der Waals surface area contributed by atoms with Crippen molar-refractivity contribution in [2.45, 2.75) is 32.4 Å². The summed E-state index contributed by atoms with van der Waals surface area (Å²) < 4.78 is 11.2. The zero-order valence-electron chi connectivity index (χ0n) is 20.7. The van der Waals surface area contributed by atoms with Gasteiger partial charge >= 0.3 is 0 Å². The fraction of sp³-hybridized carbons (Fsp3) is 0.241. The second-order valence-corrected chi connectivity index (χ2v) is 9.43. The molecule has 0 radical (unpaired) electrons. The first-order chi connectivity index (χ1) is 17.5. The Morgan fingerprint density at radius 2 is 1.56 bits per heavy atom. The van der Waals surface area contributed by atoms with Crippen molar-refractivity contribution in [2.75, 3.05) is 23.9 Å². The summed E-state index contributed by atoms with van der Waals surface area (Å²) in [5.41, 5.74) is 2.95. The van der Waals surface area contributed by atoms with E-state index in [-0.39, 0.29) is 12.0 Å². The molecular formula is C29H30N4O3. The molecule has 1 aliphatic heterocycles. The van der Waals surface area contributed by atoms with E-state index in [0.717, 1.165) is 52.2 Å². The first-order valence-electron chi connectivity index (χ1n) is 12.0. The van der Waals surface area contributed by atoms with E-state index in [2.05, 4.69) is 29.0 Å². The number of aliphatic hydroxyl groups excluding tert-OH is 1. The van der Waals surface area contributed by atoms with Crippen LogP contribution in [0.4, 0.5) is 17.3 Å². The topological polar surface area (TPSA) is 79.7 Å². The molecule has 0 spiro atoms. The largest absolute Gasteiger partial charge is 0.497 e. The van der Waals surface area contributed by atoms with Crippen molar-refractivity contribution in [2.24, 2.45) is 0 Å². The Morgan fingerprint density at radius 3 is 2.22 bits per heavy atom. The Morgan fingerprint density at radius 1 is 0.889 bits per heavy atom. The van der Waals surface area contributed by atoms with Gasteiger partial charge in [-0.05, 0) is 54.1 Å². The number of nitrogens with zero attached hydrogens (tertiary/aromatic N) is 3. The van der Waals surface area contributed by atoms with E-state index in [1.807, 2.05) is 78.9 Å². The lowest BCUT2D eigenvalue weighted by atomic mass is 9.88. The summed E-state index contributed by atoms with van der Waals surface area (Å²) in [4.78, 5) is 11.6. The summed E-state index contributed by atoms with van der Waals surface area (Å²) in [7, 11) is 1.66. The van der Waals surface area contributed by atoms with Crippen molar-refractivity contribution in [1.82, 2.24) is 9.97 Å². The Labute approximate surface area is 211 Å². The first-order valence-corrected chi connectivity index (χ1v) is 12.0. The Balaban J connectivity index is 1.43. The highest BCUT2D eigenvalue weighted by Gasteiger charge is 2.40. The van der Waals surface area contributed by atoms with E-state index < -0.39 is 0 Å². The normalized spacial score (nSPS) is 13.8. The van der Waals surface area contributed by atoms with Gasteiger partial charge in [-0.15, -0.1) is 0 Å². The van der Waals surface area contributed by atoms with Gasteiger partial charge < -0.3 is 24.8 Å². The van der Waals surface area contributed by atoms with Crippen molar-refractivity contribution in [3.8, 4) is 17.2 Å². The molecule has 0 saturated heterocycles. The van der Waals surface area contributed by atoms with Crippen LogP contribution >= 0.6 is 0 Å². The molecule has 2 N–H and O–H groups in total. The predicted molar refractivity (Wildman–Crippen MR) is 141 cm³/mol. The lowest BCUT2D eigenvalue weighted by molar-refractivity contribution is 0.271. The second-order valence-electron chi connectivity index (χ2n) is 9.43. The minimum Gasteiger partial charge on any atom is -0.497 e. The van der Waals surface area contributed by atoms with Crippen molar-refractivity contribution < 1.29 is 14.6 Å². The first kappa shape index (κ1) is 23.6. The lowest BCUT2D eigenvalue weighted by Gasteiger charge is -2.22. The van der Waals surface area contributed by atoms with Crippen LogP contribution in [0.15, 0.2) is 78.9 Å². The number of nitrogens with one attached hydrogen (secondary N) is 1. The molecule has 1 aromatic heterocycles. The van der Waals surface area contributed by atoms with E-state index >= 15 is 0 Å². The van der Waals surface area contributed by atoms with Crippen LogP contribution in [0.5, 0.6) is 17.2 Å². The summed E-state index contributed by atoms with van der Waals surface area (Å²) >= 11 is 0. The zero-order chi connectivity index (χ0) is 25.1. The third-order valence-electron chi connectivity index (χ3n) is 6.31. The van der Waals surface area contributed by atoms with Gasteiger partial charge in [0, 0.05) is 29.8 Å². The van der Waals surface area contributed by atoms with Crippen molar-refractivity contribution >= 4 is 17.3 Å². The Kier molecular flexibility index (Phi) is 6.48. The monoisotopic (exact) mass is 482 g/mol. The standard InChI is InChI=1S/C29H30N4O3/c1-29(2)19-33(21-11-15-24(16-12-21)36-23-7-5-4-6-8-23)28-26(29)27(31-25(18-34)32-28)30-17-20-9-13-22(35-3)14-10-20/h4-16,34H,17-19H2,1-3H3,(H,30,31,32). The molecule has 7 nitrogen and oxygen atoms in total. The van der Waals surface area contributed by atoms with E-state index in [1.54, 1.807) is 7.11 Å². The minimum atomic E-state index is -0.234. The number of benzene rings is 3. The van der Waals surface area contributed by atoms with Gasteiger partial charge in [-0.25, -0.2) is 9.97 Å². The van der Waals surface area contributed by atoms with Crippen LogP contribution in [0, 0.1) is 0 Å². The molecule has 0 aliphatic carbocycles. The Hall–Kier alpha value is -4.10. The molecule has 184 valence electrons. The van der Waals surface area contributed by atoms with E-state index in [1.165, 1.54) is 0 Å². The van der Waals surface area contributed by atoms with Crippen LogP contribution in [-0.2, 0) is 18.6 Å². The zero-order valence-corrected chi connectivity index (χ0v) is 20.7. The number of aromatic nitrogens is 2. The maximum Gasteiger partial charge on any atom is 0.158 e. The van der Waals surface area contributed by atoms with Gasteiger partial charge in [-0.2, -0.15) is 0 Å². The van der Waals surface area contributed by atoms with Crippen molar-refractivity contribution in [3.05, 3.63) is 95.8 Å². The van der Waals surface area contributed by atoms with Crippen LogP contribution in [0.1, 0.15) is 30.8 Å². The van der Waals surface area contributed by atoms with Crippen LogP contribution in [0.2, 0.25) is 0 Å². The van der Waals surface area contributed by atoms with Gasteiger partial charge in [-0.1, -0.05) is 44.2 Å². The summed E-state index contributed by atoms with van der Waals surface area (Å²) in [6, 6.07) is 25.7. The molecular weight excluding hydrogens is 452 g/mol. The molecule has 3 aromatic carbocycles. The average molecular weight is 483 g/mol. The number of ether oxygens (including phenoxy) is 2. The Bertz CT molecular complexity index is 1320. The third-order valence-corrected chi connectivity index (χ3v) is 6.31. The molecule has 36 heavy (non-hydrogen) atoms. The molecule has 1 aliphatic rings. The maximum absolute atomic E-state index is 9.90. The lowest BCUT2D eigenvalue weighted by Crippen LogP contribution is -2.25. The number of aliphatic hydroxyl groups is 1. The number of fused-ring (bicyclic) bond motifs is 1. The molecule has 5 rings (SSSR count). The van der Waals surface area contributed by atoms with Gasteiger partial charge in [-0.3, -0.25) is 0 Å². The summed E-state index contributed by atoms with van der Waals surface area (Å²) in [5, 5.41) is 13.4. The molecule has 0 unspecified atom stereocenters. The van der Waals surface area contributed by atoms with Gasteiger partial charge in [0.05, 0.1) is 7.11 Å². The summed E-state index contributed by atoms with van der Waals surface area (Å²) in [6.07, 6.45) is 0. The number of anilines is 3. The fourth-order valence-electron chi connectivity index (χ4n) is 4.52. The van der Waals surface area contributed by atoms with E-state index in [9.17, 15) is 5.11 Å². The minimum absolute atomic E-state index is 0.204. The van der Waals surface area contributed by atoms with Gasteiger partial charge in [0.15, 0.2) is 5.82 Å². The quantitative estimate of drug-likeness (QED) is 0.328. The molecule has 0 bridgehead atoms. The average Bonchev–Trinajstić information content (AvgIpc) is 3.19. The van der Waals surface area contributed by atoms with Crippen LogP contribution in [-0.4, -0.2) is 28.7 Å². The molecule has 0 saturated carbocycles. The second kappa shape index (κ2) is 9.87. The number of para-hydroxylation sites is 1. The highest BCUT2D eigenvalue weighted by Crippen LogP contribution is 2.46. The van der Waals surface area contributed by atoms with Gasteiger partial charge in [0.1, 0.15) is 35.5 Å². The summed E-state index contributed by atoms with van der Waals surface area (Å²) in [5.74, 6) is 4.33. The number of hydrogen-bond donors (Lipinski definition) is 2. The molecule has 2 heterocycles. The highest BCUT2D eigenvalue weighted by atomic mass is 16.5. The van der Waals surface area contributed by atoms with Crippen molar-refractivity contribution in [3.63, 3.8) is 0 Å². The van der Waals surface area contributed by atoms with Crippen LogP contribution < -0.4 is 19.7 Å². The van der Waals surface area contributed by atoms with E-state index in [0.29, 0.717) is 12.4 Å². The maximum atomic E-state index is 9.90. The van der Waals surface area contributed by atoms with Crippen molar-refractivity contribution in [1.29, 1.82) is 0 Å². The highest BCUT2D eigenvalue weighted by molar-refractivity contribution is 5.74. The number of methoxy groups -OCH3 is 1. The molecule has 4 aromatic rings. The number of hydrogen-bond acceptors (Lipinski definition) is 7. The van der Waals surface area contributed by atoms with Gasteiger partial charge in [0.25, 0.3) is 0 Å². The smallest absolute Gasteiger partial charge is 0.158 e. The predicted octanol–water partition coefficient (Wildman–Crippen LogP) is 5.81. The molecule has 0 atom stereocenters. The third kappa shape index (κ3) is 4.83. The fourth-order valence-corrected chi connectivity index (χ4v) is 4.52. The molecule has 7 heteroatoms. The SMILES string of the molecule is COc1ccc(CNc2nc(CO)nc3c2C(C)(C)CN3c2ccc(Oc3ccccc3)cc2)cc1.